The fourth-order valence-electron chi connectivity index (χ4n) is 2.64. The fraction of sp³-hybridized carbons (Fsp3) is 0.533. The summed E-state index contributed by atoms with van der Waals surface area (Å²) in [5.41, 5.74) is 6.39. The van der Waals surface area contributed by atoms with E-state index in [1.54, 1.807) is 25.3 Å². The van der Waals surface area contributed by atoms with Gasteiger partial charge in [0.2, 0.25) is 5.91 Å². The highest BCUT2D eigenvalue weighted by Gasteiger charge is 2.25. The van der Waals surface area contributed by atoms with Gasteiger partial charge in [0.25, 0.3) is 0 Å². The Labute approximate surface area is 124 Å². The fourth-order valence-corrected chi connectivity index (χ4v) is 2.84. The van der Waals surface area contributed by atoms with Crippen LogP contribution in [0.3, 0.4) is 0 Å². The maximum atomic E-state index is 12.2. The van der Waals surface area contributed by atoms with Crippen LogP contribution in [-0.2, 0) is 4.79 Å². The number of amides is 1. The Balaban J connectivity index is 1.95. The number of nitrogens with two attached hydrogens (primary N) is 1. The van der Waals surface area contributed by atoms with Gasteiger partial charge in [0.1, 0.15) is 5.75 Å². The highest BCUT2D eigenvalue weighted by molar-refractivity contribution is 6.32. The lowest BCUT2D eigenvalue weighted by molar-refractivity contribution is -0.121. The maximum absolute atomic E-state index is 12.2. The van der Waals surface area contributed by atoms with Crippen LogP contribution in [0.2, 0.25) is 5.02 Å². The highest BCUT2D eigenvalue weighted by atomic mass is 35.5. The van der Waals surface area contributed by atoms with Crippen LogP contribution in [0.4, 0.5) is 5.69 Å². The topological polar surface area (TPSA) is 64.3 Å². The molecule has 1 aromatic carbocycles. The summed E-state index contributed by atoms with van der Waals surface area (Å²) in [4.78, 5) is 12.2. The van der Waals surface area contributed by atoms with Crippen LogP contribution >= 0.6 is 11.6 Å². The number of halogens is 1. The number of carbonyl (C=O) groups is 1. The second kappa shape index (κ2) is 6.95. The van der Waals surface area contributed by atoms with E-state index in [4.69, 9.17) is 22.1 Å². The van der Waals surface area contributed by atoms with Crippen LogP contribution in [0.25, 0.3) is 0 Å². The number of hydrogen-bond acceptors (Lipinski definition) is 3. The summed E-state index contributed by atoms with van der Waals surface area (Å²) >= 11 is 5.96. The number of methoxy groups -OCH3 is 1. The second-order valence-corrected chi connectivity index (χ2v) is 5.70. The van der Waals surface area contributed by atoms with Crippen molar-refractivity contribution in [2.75, 3.05) is 19.0 Å². The quantitative estimate of drug-likeness (QED) is 0.897. The molecule has 0 bridgehead atoms. The van der Waals surface area contributed by atoms with Gasteiger partial charge in [0, 0.05) is 17.7 Å². The Kier molecular flexibility index (Phi) is 5.26. The first-order valence-corrected chi connectivity index (χ1v) is 7.36. The van der Waals surface area contributed by atoms with Crippen LogP contribution in [-0.4, -0.2) is 19.6 Å². The van der Waals surface area contributed by atoms with Crippen LogP contribution in [0, 0.1) is 11.8 Å². The molecule has 0 unspecified atom stereocenters. The van der Waals surface area contributed by atoms with E-state index in [1.165, 1.54) is 0 Å². The van der Waals surface area contributed by atoms with Gasteiger partial charge in [-0.3, -0.25) is 4.79 Å². The molecule has 0 atom stereocenters. The van der Waals surface area contributed by atoms with Crippen LogP contribution in [0.1, 0.15) is 25.7 Å². The molecule has 0 radical (unpaired) electrons. The third kappa shape index (κ3) is 3.64. The average molecular weight is 297 g/mol. The zero-order chi connectivity index (χ0) is 14.5. The van der Waals surface area contributed by atoms with Crippen molar-refractivity contribution in [1.29, 1.82) is 0 Å². The molecule has 0 aliphatic heterocycles. The summed E-state index contributed by atoms with van der Waals surface area (Å²) in [6, 6.07) is 5.25. The van der Waals surface area contributed by atoms with Crippen molar-refractivity contribution in [1.82, 2.24) is 0 Å². The normalized spacial score (nSPS) is 22.4. The molecule has 4 nitrogen and oxygen atoms in total. The van der Waals surface area contributed by atoms with E-state index in [-0.39, 0.29) is 11.8 Å². The van der Waals surface area contributed by atoms with Crippen molar-refractivity contribution in [3.63, 3.8) is 0 Å². The lowest BCUT2D eigenvalue weighted by Gasteiger charge is -2.26. The molecular formula is C15H21ClN2O2. The van der Waals surface area contributed by atoms with Gasteiger partial charge >= 0.3 is 0 Å². The van der Waals surface area contributed by atoms with Crippen molar-refractivity contribution in [3.8, 4) is 5.75 Å². The van der Waals surface area contributed by atoms with E-state index in [0.29, 0.717) is 16.7 Å². The molecule has 1 aromatic rings. The molecule has 20 heavy (non-hydrogen) atoms. The Morgan fingerprint density at radius 1 is 1.40 bits per heavy atom. The minimum absolute atomic E-state index is 0.0739. The minimum atomic E-state index is 0.0739. The minimum Gasteiger partial charge on any atom is -0.495 e. The summed E-state index contributed by atoms with van der Waals surface area (Å²) in [5.74, 6) is 1.30. The Hall–Kier alpha value is -1.26. The Bertz CT molecular complexity index is 471. The predicted molar refractivity (Wildman–Crippen MR) is 81.1 cm³/mol. The first-order valence-electron chi connectivity index (χ1n) is 6.98. The number of rotatable bonds is 4. The molecule has 1 aliphatic rings. The number of ether oxygens (including phenoxy) is 1. The second-order valence-electron chi connectivity index (χ2n) is 5.29. The average Bonchev–Trinajstić information content (AvgIpc) is 2.49. The molecule has 1 fully saturated rings. The smallest absolute Gasteiger partial charge is 0.227 e. The lowest BCUT2D eigenvalue weighted by atomic mass is 9.81. The van der Waals surface area contributed by atoms with E-state index in [2.05, 4.69) is 5.32 Å². The van der Waals surface area contributed by atoms with Crippen molar-refractivity contribution < 1.29 is 9.53 Å². The molecule has 1 saturated carbocycles. The van der Waals surface area contributed by atoms with E-state index in [9.17, 15) is 4.79 Å². The summed E-state index contributed by atoms with van der Waals surface area (Å²) < 4.78 is 5.14. The SMILES string of the molecule is COc1cc(NC(=O)C2CCC(CN)CC2)ccc1Cl. The number of hydrogen-bond donors (Lipinski definition) is 2. The van der Waals surface area contributed by atoms with Gasteiger partial charge in [-0.05, 0) is 50.3 Å². The third-order valence-electron chi connectivity index (χ3n) is 3.97. The van der Waals surface area contributed by atoms with Crippen molar-refractivity contribution in [2.24, 2.45) is 17.6 Å². The first kappa shape index (κ1) is 15.1. The Morgan fingerprint density at radius 3 is 2.70 bits per heavy atom. The molecule has 110 valence electrons. The molecule has 3 N–H and O–H groups in total. The maximum Gasteiger partial charge on any atom is 0.227 e. The summed E-state index contributed by atoms with van der Waals surface area (Å²) in [6.45, 7) is 0.725. The number of nitrogens with one attached hydrogen (secondary N) is 1. The number of benzene rings is 1. The third-order valence-corrected chi connectivity index (χ3v) is 4.28. The molecule has 0 heterocycles. The molecule has 0 spiro atoms. The number of carbonyl (C=O) groups excluding carboxylic acids is 1. The largest absolute Gasteiger partial charge is 0.495 e. The van der Waals surface area contributed by atoms with Crippen molar-refractivity contribution >= 4 is 23.2 Å². The Morgan fingerprint density at radius 2 is 2.10 bits per heavy atom. The molecule has 1 aliphatic carbocycles. The molecule has 0 aromatic heterocycles. The van der Waals surface area contributed by atoms with Crippen molar-refractivity contribution in [3.05, 3.63) is 23.2 Å². The zero-order valence-corrected chi connectivity index (χ0v) is 12.5. The van der Waals surface area contributed by atoms with Crippen LogP contribution in [0.5, 0.6) is 5.75 Å². The molecule has 5 heteroatoms. The van der Waals surface area contributed by atoms with Crippen molar-refractivity contribution in [2.45, 2.75) is 25.7 Å². The predicted octanol–water partition coefficient (Wildman–Crippen LogP) is 3.05. The standard InChI is InChI=1S/C15H21ClN2O2/c1-20-14-8-12(6-7-13(14)16)18-15(19)11-4-2-10(9-17)3-5-11/h6-8,10-11H,2-5,9,17H2,1H3,(H,18,19). The highest BCUT2D eigenvalue weighted by Crippen LogP contribution is 2.31. The molecule has 2 rings (SSSR count). The summed E-state index contributed by atoms with van der Waals surface area (Å²) in [5, 5.41) is 3.47. The zero-order valence-electron chi connectivity index (χ0n) is 11.7. The van der Waals surface area contributed by atoms with Gasteiger partial charge in [-0.1, -0.05) is 11.6 Å². The molecule has 1 amide bonds. The molecular weight excluding hydrogens is 276 g/mol. The van der Waals surface area contributed by atoms with Gasteiger partial charge in [-0.25, -0.2) is 0 Å². The van der Waals surface area contributed by atoms with Crippen LogP contribution in [0.15, 0.2) is 18.2 Å². The first-order chi connectivity index (χ1) is 9.63. The molecule has 0 saturated heterocycles. The van der Waals surface area contributed by atoms with Gasteiger partial charge in [-0.2, -0.15) is 0 Å². The van der Waals surface area contributed by atoms with E-state index < -0.39 is 0 Å². The van der Waals surface area contributed by atoms with Gasteiger partial charge in [0.05, 0.1) is 12.1 Å². The van der Waals surface area contributed by atoms with E-state index >= 15 is 0 Å². The summed E-state index contributed by atoms with van der Waals surface area (Å²) in [6.07, 6.45) is 3.91. The van der Waals surface area contributed by atoms with E-state index in [0.717, 1.165) is 37.9 Å². The monoisotopic (exact) mass is 296 g/mol. The summed E-state index contributed by atoms with van der Waals surface area (Å²) in [7, 11) is 1.56. The lowest BCUT2D eigenvalue weighted by Crippen LogP contribution is -2.29. The van der Waals surface area contributed by atoms with Gasteiger partial charge in [-0.15, -0.1) is 0 Å². The van der Waals surface area contributed by atoms with Crippen LogP contribution < -0.4 is 15.8 Å². The van der Waals surface area contributed by atoms with Gasteiger partial charge < -0.3 is 15.8 Å². The van der Waals surface area contributed by atoms with Gasteiger partial charge in [0.15, 0.2) is 0 Å². The van der Waals surface area contributed by atoms with E-state index in [1.807, 2.05) is 0 Å². The number of anilines is 1.